The number of hydrogen-bond donors (Lipinski definition) is 0. The van der Waals surface area contributed by atoms with Gasteiger partial charge in [0.2, 0.25) is 5.91 Å². The summed E-state index contributed by atoms with van der Waals surface area (Å²) in [5, 5.41) is 10.5. The molecule has 2 aliphatic heterocycles. The van der Waals surface area contributed by atoms with Crippen LogP contribution >= 0.6 is 11.3 Å². The number of amides is 1. The molecule has 0 bridgehead atoms. The van der Waals surface area contributed by atoms with Gasteiger partial charge >= 0.3 is 0 Å². The molecule has 0 unspecified atom stereocenters. The van der Waals surface area contributed by atoms with Crippen LogP contribution in [0.5, 0.6) is 0 Å². The van der Waals surface area contributed by atoms with Gasteiger partial charge in [-0.2, -0.15) is 5.26 Å². The van der Waals surface area contributed by atoms with Crippen molar-refractivity contribution >= 4 is 33.8 Å². The highest BCUT2D eigenvalue weighted by Crippen LogP contribution is 2.37. The first-order valence-corrected chi connectivity index (χ1v) is 18.0. The van der Waals surface area contributed by atoms with Gasteiger partial charge < -0.3 is 9.80 Å². The van der Waals surface area contributed by atoms with Crippen LogP contribution in [0.1, 0.15) is 67.8 Å². The fourth-order valence-electron chi connectivity index (χ4n) is 6.92. The van der Waals surface area contributed by atoms with Crippen LogP contribution in [0, 0.1) is 17.1 Å². The van der Waals surface area contributed by atoms with Gasteiger partial charge in [0.15, 0.2) is 5.13 Å². The van der Waals surface area contributed by atoms with E-state index in [2.05, 4.69) is 27.2 Å². The van der Waals surface area contributed by atoms with E-state index in [1.54, 1.807) is 12.1 Å². The highest BCUT2D eigenvalue weighted by molar-refractivity contribution is 7.16. The van der Waals surface area contributed by atoms with Gasteiger partial charge in [-0.3, -0.25) is 14.1 Å². The number of fused-ring (bicyclic) bond motifs is 1. The molecule has 1 aromatic carbocycles. The van der Waals surface area contributed by atoms with Crippen molar-refractivity contribution in [2.45, 2.75) is 57.8 Å². The van der Waals surface area contributed by atoms with Gasteiger partial charge in [-0.25, -0.2) is 24.3 Å². The Morgan fingerprint density at radius 1 is 0.959 bits per heavy atom. The van der Waals surface area contributed by atoms with Crippen LogP contribution in [-0.2, 0) is 11.2 Å². The molecule has 10 nitrogen and oxygen atoms in total. The number of nitriles is 1. The van der Waals surface area contributed by atoms with E-state index < -0.39 is 0 Å². The summed E-state index contributed by atoms with van der Waals surface area (Å²) in [7, 11) is 1.93. The van der Waals surface area contributed by atoms with E-state index in [0.717, 1.165) is 86.0 Å². The molecule has 0 aliphatic carbocycles. The van der Waals surface area contributed by atoms with Gasteiger partial charge in [0.25, 0.3) is 0 Å². The predicted molar refractivity (Wildman–Crippen MR) is 189 cm³/mol. The topological polar surface area (TPSA) is 107 Å². The molecule has 2 aliphatic rings. The minimum Gasteiger partial charge on any atom is -0.342 e. The number of anilines is 2. The number of piperidine rings is 1. The first kappa shape index (κ1) is 32.8. The Labute approximate surface area is 289 Å². The molecule has 0 saturated carbocycles. The lowest BCUT2D eigenvalue weighted by Gasteiger charge is -2.32. The van der Waals surface area contributed by atoms with Crippen molar-refractivity contribution in [3.05, 3.63) is 77.2 Å². The number of imidazole rings is 1. The monoisotopic (exact) mass is 677 g/mol. The van der Waals surface area contributed by atoms with E-state index in [1.165, 1.54) is 36.3 Å². The maximum absolute atomic E-state index is 13.6. The summed E-state index contributed by atoms with van der Waals surface area (Å²) in [5.41, 5.74) is 4.80. The lowest BCUT2D eigenvalue weighted by atomic mass is 9.95. The Bertz CT molecular complexity index is 1970. The average Bonchev–Trinajstić information content (AvgIpc) is 3.62. The minimum absolute atomic E-state index is 0.268. The molecule has 2 fully saturated rings. The fourth-order valence-corrected chi connectivity index (χ4v) is 7.77. The molecule has 12 heteroatoms. The first-order valence-electron chi connectivity index (χ1n) is 17.2. The molecule has 49 heavy (non-hydrogen) atoms. The van der Waals surface area contributed by atoms with E-state index in [4.69, 9.17) is 19.9 Å². The number of rotatable bonds is 8. The van der Waals surface area contributed by atoms with Gasteiger partial charge in [-0.05, 0) is 81.6 Å². The summed E-state index contributed by atoms with van der Waals surface area (Å²) in [6.07, 6.45) is 13.1. The van der Waals surface area contributed by atoms with E-state index in [-0.39, 0.29) is 17.6 Å². The van der Waals surface area contributed by atoms with Crippen molar-refractivity contribution in [2.24, 2.45) is 0 Å². The molecule has 252 valence electrons. The second-order valence-electron chi connectivity index (χ2n) is 12.9. The van der Waals surface area contributed by atoms with E-state index in [1.807, 2.05) is 42.7 Å². The number of nitrogens with zero attached hydrogens (tertiary/aromatic N) is 9. The van der Waals surface area contributed by atoms with Crippen LogP contribution in [0.2, 0.25) is 0 Å². The standard InChI is InChI=1S/C37H40FN9OS/c1-3-30-36(44(2)37-43-34(31(20-39)49-37)25-8-11-29(38)12-9-25)47-23-27(10-13-32(47)42-30)28-21-40-35(41-22-28)26-14-18-45(19-15-26)24-33(48)46-16-6-4-5-7-17-46/h8-13,21-23,26H,3-7,14-19,24H2,1-2H3. The second kappa shape index (κ2) is 14.4. The summed E-state index contributed by atoms with van der Waals surface area (Å²) in [6.45, 7) is 6.13. The number of aromatic nitrogens is 5. The maximum atomic E-state index is 13.6. The molecule has 5 aromatic rings. The number of aryl methyl sites for hydroxylation is 1. The number of thiazole rings is 1. The van der Waals surface area contributed by atoms with Gasteiger partial charge in [0, 0.05) is 61.3 Å². The summed E-state index contributed by atoms with van der Waals surface area (Å²) in [5.74, 6) is 1.93. The minimum atomic E-state index is -0.336. The smallest absolute Gasteiger partial charge is 0.236 e. The SMILES string of the molecule is CCc1nc2ccc(-c3cnc(C4CCN(CC(=O)N5CCCCCC5)CC4)nc3)cn2c1N(C)c1nc(-c2ccc(F)cc2)c(C#N)s1. The molecule has 6 heterocycles. The molecule has 7 rings (SSSR count). The number of carbonyl (C=O) groups is 1. The molecule has 0 spiro atoms. The Kier molecular flexibility index (Phi) is 9.64. The van der Waals surface area contributed by atoms with Crippen molar-refractivity contribution < 1.29 is 9.18 Å². The average molecular weight is 678 g/mol. The maximum Gasteiger partial charge on any atom is 0.236 e. The molecule has 0 radical (unpaired) electrons. The number of hydrogen-bond acceptors (Lipinski definition) is 9. The number of likely N-dealkylation sites (tertiary alicyclic amines) is 2. The summed E-state index contributed by atoms with van der Waals surface area (Å²) >= 11 is 1.30. The number of halogens is 1. The van der Waals surface area contributed by atoms with E-state index in [0.29, 0.717) is 34.2 Å². The molecule has 0 atom stereocenters. The van der Waals surface area contributed by atoms with Crippen LogP contribution in [0.4, 0.5) is 15.3 Å². The number of benzene rings is 1. The molecule has 2 saturated heterocycles. The molecular weight excluding hydrogens is 638 g/mol. The summed E-state index contributed by atoms with van der Waals surface area (Å²) in [6, 6.07) is 12.3. The third kappa shape index (κ3) is 6.91. The molecule has 1 amide bonds. The zero-order valence-electron chi connectivity index (χ0n) is 28.0. The van der Waals surface area contributed by atoms with Crippen LogP contribution in [0.25, 0.3) is 28.0 Å². The molecule has 0 N–H and O–H groups in total. The number of carbonyl (C=O) groups excluding carboxylic acids is 1. The molecular formula is C37H40FN9OS. The van der Waals surface area contributed by atoms with Gasteiger partial charge in [0.1, 0.15) is 39.7 Å². The van der Waals surface area contributed by atoms with Gasteiger partial charge in [-0.15, -0.1) is 0 Å². The van der Waals surface area contributed by atoms with Crippen LogP contribution in [0.3, 0.4) is 0 Å². The van der Waals surface area contributed by atoms with Crippen LogP contribution < -0.4 is 4.90 Å². The van der Waals surface area contributed by atoms with E-state index >= 15 is 0 Å². The zero-order chi connectivity index (χ0) is 33.9. The van der Waals surface area contributed by atoms with Crippen molar-refractivity contribution in [2.75, 3.05) is 44.7 Å². The Hall–Kier alpha value is -4.73. The van der Waals surface area contributed by atoms with Crippen molar-refractivity contribution in [1.29, 1.82) is 5.26 Å². The Morgan fingerprint density at radius 2 is 1.65 bits per heavy atom. The first-order chi connectivity index (χ1) is 23.9. The quantitative estimate of drug-likeness (QED) is 0.176. The third-order valence-electron chi connectivity index (χ3n) is 9.71. The second-order valence-corrected chi connectivity index (χ2v) is 13.9. The Morgan fingerprint density at radius 3 is 2.33 bits per heavy atom. The van der Waals surface area contributed by atoms with Gasteiger partial charge in [0.05, 0.1) is 12.2 Å². The summed E-state index contributed by atoms with van der Waals surface area (Å²) < 4.78 is 15.6. The number of pyridine rings is 1. The lowest BCUT2D eigenvalue weighted by molar-refractivity contribution is -0.132. The lowest BCUT2D eigenvalue weighted by Crippen LogP contribution is -2.43. The van der Waals surface area contributed by atoms with E-state index in [9.17, 15) is 14.4 Å². The van der Waals surface area contributed by atoms with Gasteiger partial charge in [-0.1, -0.05) is 31.1 Å². The largest absolute Gasteiger partial charge is 0.342 e. The fraction of sp³-hybridized carbons (Fsp3) is 0.405. The van der Waals surface area contributed by atoms with Crippen molar-refractivity contribution in [3.8, 4) is 28.5 Å². The highest BCUT2D eigenvalue weighted by Gasteiger charge is 2.26. The van der Waals surface area contributed by atoms with Crippen LogP contribution in [0.15, 0.2) is 55.0 Å². The Balaban J connectivity index is 1.07. The van der Waals surface area contributed by atoms with Crippen molar-refractivity contribution in [1.82, 2.24) is 34.1 Å². The zero-order valence-corrected chi connectivity index (χ0v) is 28.8. The summed E-state index contributed by atoms with van der Waals surface area (Å²) in [4.78, 5) is 39.0. The predicted octanol–water partition coefficient (Wildman–Crippen LogP) is 6.84. The molecule has 4 aromatic heterocycles. The van der Waals surface area contributed by atoms with Crippen LogP contribution in [-0.4, -0.2) is 79.8 Å². The third-order valence-corrected chi connectivity index (χ3v) is 10.7. The highest BCUT2D eigenvalue weighted by atomic mass is 32.1. The van der Waals surface area contributed by atoms with Crippen molar-refractivity contribution in [3.63, 3.8) is 0 Å². The normalized spacial score (nSPS) is 16.1.